The van der Waals surface area contributed by atoms with E-state index in [4.69, 9.17) is 4.74 Å². The second-order valence-corrected chi connectivity index (χ2v) is 9.16. The van der Waals surface area contributed by atoms with Crippen LogP contribution in [-0.4, -0.2) is 41.7 Å². The maximum absolute atomic E-state index is 11.5. The second kappa shape index (κ2) is 9.84. The van der Waals surface area contributed by atoms with Gasteiger partial charge in [0.1, 0.15) is 5.75 Å². The molecule has 3 aromatic carbocycles. The number of rotatable bonds is 7. The van der Waals surface area contributed by atoms with E-state index in [1.807, 2.05) is 12.1 Å². The monoisotopic (exact) mass is 479 g/mol. The number of aromatic carboxylic acids is 1. The molecular formula is C30H29N3O3. The van der Waals surface area contributed by atoms with Gasteiger partial charge in [0.05, 0.1) is 30.6 Å². The number of benzene rings is 3. The molecule has 0 spiro atoms. The number of anilines is 1. The second-order valence-electron chi connectivity index (χ2n) is 9.16. The summed E-state index contributed by atoms with van der Waals surface area (Å²) < 4.78 is 5.31. The predicted octanol–water partition coefficient (Wildman–Crippen LogP) is 6.03. The van der Waals surface area contributed by atoms with Gasteiger partial charge in [-0.15, -0.1) is 0 Å². The van der Waals surface area contributed by atoms with Crippen molar-refractivity contribution in [1.29, 1.82) is 0 Å². The molecule has 36 heavy (non-hydrogen) atoms. The molecule has 0 aliphatic carbocycles. The Morgan fingerprint density at radius 2 is 1.81 bits per heavy atom. The molecule has 6 heteroatoms. The van der Waals surface area contributed by atoms with Gasteiger partial charge in [-0.1, -0.05) is 42.5 Å². The van der Waals surface area contributed by atoms with Crippen molar-refractivity contribution < 1.29 is 14.6 Å². The van der Waals surface area contributed by atoms with E-state index in [2.05, 4.69) is 77.7 Å². The van der Waals surface area contributed by atoms with Gasteiger partial charge in [-0.2, -0.15) is 0 Å². The van der Waals surface area contributed by atoms with Crippen molar-refractivity contribution in [2.24, 2.45) is 0 Å². The molecule has 1 aromatic heterocycles. The fourth-order valence-corrected chi connectivity index (χ4v) is 5.08. The zero-order valence-corrected chi connectivity index (χ0v) is 20.7. The van der Waals surface area contributed by atoms with Crippen molar-refractivity contribution in [2.75, 3.05) is 26.0 Å². The number of carbonyl (C=O) groups is 1. The van der Waals surface area contributed by atoms with Crippen LogP contribution in [0.5, 0.6) is 5.75 Å². The molecule has 0 saturated heterocycles. The molecule has 4 aromatic rings. The number of aromatic nitrogens is 1. The third-order valence-electron chi connectivity index (χ3n) is 7.04. The van der Waals surface area contributed by atoms with Gasteiger partial charge < -0.3 is 15.2 Å². The lowest BCUT2D eigenvalue weighted by atomic mass is 9.91. The molecule has 1 aliphatic heterocycles. The number of methoxy groups -OCH3 is 1. The summed E-state index contributed by atoms with van der Waals surface area (Å²) in [5.41, 5.74) is 9.35. The first kappa shape index (κ1) is 23.6. The van der Waals surface area contributed by atoms with E-state index in [9.17, 15) is 9.90 Å². The van der Waals surface area contributed by atoms with Crippen molar-refractivity contribution in [3.05, 3.63) is 101 Å². The highest BCUT2D eigenvalue weighted by atomic mass is 16.5. The fraction of sp³-hybridized carbons (Fsp3) is 0.200. The van der Waals surface area contributed by atoms with Gasteiger partial charge in [0.25, 0.3) is 0 Å². The third-order valence-corrected chi connectivity index (χ3v) is 7.04. The van der Waals surface area contributed by atoms with Gasteiger partial charge in [0.2, 0.25) is 0 Å². The molecule has 2 N–H and O–H groups in total. The van der Waals surface area contributed by atoms with Crippen LogP contribution < -0.4 is 10.1 Å². The summed E-state index contributed by atoms with van der Waals surface area (Å²) >= 11 is 0. The van der Waals surface area contributed by atoms with E-state index >= 15 is 0 Å². The van der Waals surface area contributed by atoms with E-state index in [0.717, 1.165) is 12.3 Å². The van der Waals surface area contributed by atoms with Crippen LogP contribution in [0.25, 0.3) is 22.3 Å². The van der Waals surface area contributed by atoms with Crippen LogP contribution in [-0.2, 0) is 6.54 Å². The van der Waals surface area contributed by atoms with Crippen LogP contribution in [0.1, 0.15) is 33.1 Å². The summed E-state index contributed by atoms with van der Waals surface area (Å²) in [5, 5.41) is 12.8. The lowest BCUT2D eigenvalue weighted by Crippen LogP contribution is -2.24. The van der Waals surface area contributed by atoms with Gasteiger partial charge in [-0.25, -0.2) is 4.79 Å². The van der Waals surface area contributed by atoms with Crippen molar-refractivity contribution in [3.63, 3.8) is 0 Å². The van der Waals surface area contributed by atoms with Crippen LogP contribution in [0.15, 0.2) is 79.1 Å². The smallest absolute Gasteiger partial charge is 0.337 e. The maximum Gasteiger partial charge on any atom is 0.337 e. The number of nitrogens with one attached hydrogen (secondary N) is 1. The Balaban J connectivity index is 1.41. The molecule has 5 rings (SSSR count). The van der Waals surface area contributed by atoms with Crippen LogP contribution in [0, 0.1) is 6.92 Å². The van der Waals surface area contributed by atoms with Gasteiger partial charge in [-0.3, -0.25) is 9.88 Å². The topological polar surface area (TPSA) is 74.7 Å². The van der Waals surface area contributed by atoms with Crippen LogP contribution in [0.3, 0.4) is 0 Å². The fourth-order valence-electron chi connectivity index (χ4n) is 5.08. The zero-order valence-electron chi connectivity index (χ0n) is 20.7. The summed E-state index contributed by atoms with van der Waals surface area (Å²) in [6.45, 7) is 3.61. The number of fused-ring (bicyclic) bond motifs is 1. The minimum absolute atomic E-state index is 0.141. The van der Waals surface area contributed by atoms with Gasteiger partial charge in [0, 0.05) is 19.3 Å². The largest absolute Gasteiger partial charge is 0.497 e. The van der Waals surface area contributed by atoms with Crippen LogP contribution in [0.4, 0.5) is 5.69 Å². The lowest BCUT2D eigenvalue weighted by Gasteiger charge is -2.22. The highest BCUT2D eigenvalue weighted by molar-refractivity contribution is 5.93. The van der Waals surface area contributed by atoms with Crippen molar-refractivity contribution in [3.8, 4) is 28.0 Å². The van der Waals surface area contributed by atoms with E-state index in [1.54, 1.807) is 13.3 Å². The number of hydrogen-bond acceptors (Lipinski definition) is 5. The summed E-state index contributed by atoms with van der Waals surface area (Å²) in [4.78, 5) is 17.9. The van der Waals surface area contributed by atoms with Crippen LogP contribution in [0.2, 0.25) is 0 Å². The summed E-state index contributed by atoms with van der Waals surface area (Å²) in [7, 11) is 3.78. The molecular weight excluding hydrogens is 450 g/mol. The van der Waals surface area contributed by atoms with Gasteiger partial charge in [-0.05, 0) is 77.2 Å². The van der Waals surface area contributed by atoms with Crippen molar-refractivity contribution >= 4 is 11.7 Å². The highest BCUT2D eigenvalue weighted by Crippen LogP contribution is 2.38. The molecule has 0 fully saturated rings. The maximum atomic E-state index is 11.5. The van der Waals surface area contributed by atoms with Crippen molar-refractivity contribution in [1.82, 2.24) is 9.88 Å². The number of pyridine rings is 1. The van der Waals surface area contributed by atoms with E-state index in [0.29, 0.717) is 12.2 Å². The number of hydrogen-bond donors (Lipinski definition) is 2. The number of likely N-dealkylation sites (N-methyl/N-ethyl adjacent to an activating group) is 1. The molecule has 2 heterocycles. The van der Waals surface area contributed by atoms with Gasteiger partial charge >= 0.3 is 5.97 Å². The Hall–Kier alpha value is -4.16. The standard InChI is InChI=1S/C30H29N3O3/c1-19-24(20-7-10-23(36-3)11-8-20)5-4-6-25(19)21-9-12-26-22(15-21)18-33(2)29(26)17-32-28-16-31-14-13-27(28)30(34)35/h4-16,29,32H,17-18H2,1-3H3,(H,34,35). The lowest BCUT2D eigenvalue weighted by molar-refractivity contribution is 0.0697. The predicted molar refractivity (Wildman–Crippen MR) is 142 cm³/mol. The Morgan fingerprint density at radius 3 is 2.53 bits per heavy atom. The first-order chi connectivity index (χ1) is 17.5. The molecule has 0 amide bonds. The Kier molecular flexibility index (Phi) is 6.44. The molecule has 1 unspecified atom stereocenters. The van der Waals surface area contributed by atoms with E-state index in [1.165, 1.54) is 51.2 Å². The molecule has 1 aliphatic rings. The minimum atomic E-state index is -0.961. The summed E-state index contributed by atoms with van der Waals surface area (Å²) in [6, 6.07) is 23.0. The van der Waals surface area contributed by atoms with Crippen LogP contribution >= 0.6 is 0 Å². The Labute approximate surface area is 211 Å². The number of ether oxygens (including phenoxy) is 1. The Bertz CT molecular complexity index is 1420. The molecule has 0 radical (unpaired) electrons. The van der Waals surface area contributed by atoms with Crippen molar-refractivity contribution in [2.45, 2.75) is 19.5 Å². The summed E-state index contributed by atoms with van der Waals surface area (Å²) in [6.07, 6.45) is 3.07. The Morgan fingerprint density at radius 1 is 1.08 bits per heavy atom. The highest BCUT2D eigenvalue weighted by Gasteiger charge is 2.28. The number of nitrogens with zero attached hydrogens (tertiary/aromatic N) is 2. The SMILES string of the molecule is COc1ccc(-c2cccc(-c3ccc4c(c3)CN(C)C4CNc3cnccc3C(=O)O)c2C)cc1. The quantitative estimate of drug-likeness (QED) is 0.337. The normalized spacial score (nSPS) is 14.9. The average Bonchev–Trinajstić information content (AvgIpc) is 3.21. The number of carboxylic acid groups (broad SMARTS) is 1. The van der Waals surface area contributed by atoms with E-state index < -0.39 is 5.97 Å². The molecule has 1 atom stereocenters. The first-order valence-corrected chi connectivity index (χ1v) is 11.9. The minimum Gasteiger partial charge on any atom is -0.497 e. The zero-order chi connectivity index (χ0) is 25.2. The molecule has 182 valence electrons. The first-order valence-electron chi connectivity index (χ1n) is 11.9. The summed E-state index contributed by atoms with van der Waals surface area (Å²) in [5.74, 6) is -0.112. The van der Waals surface area contributed by atoms with E-state index in [-0.39, 0.29) is 11.6 Å². The van der Waals surface area contributed by atoms with Gasteiger partial charge in [0.15, 0.2) is 0 Å². The average molecular weight is 480 g/mol. The molecule has 0 saturated carbocycles. The molecule has 0 bridgehead atoms. The third kappa shape index (κ3) is 4.43. The number of carboxylic acids is 1. The molecule has 6 nitrogen and oxygen atoms in total.